The number of rotatable bonds is 9. The van der Waals surface area contributed by atoms with Gasteiger partial charge in [0.05, 0.1) is 18.8 Å². The molecule has 1 heterocycles. The zero-order valence-electron chi connectivity index (χ0n) is 20.9. The predicted octanol–water partition coefficient (Wildman–Crippen LogP) is 2.21. The first-order valence-electron chi connectivity index (χ1n) is 11.5. The van der Waals surface area contributed by atoms with Crippen LogP contribution in [0.15, 0.2) is 60.7 Å². The van der Waals surface area contributed by atoms with Gasteiger partial charge in [0.15, 0.2) is 12.4 Å². The molecule has 0 radical (unpaired) electrons. The molecule has 0 aromatic heterocycles. The van der Waals surface area contributed by atoms with E-state index in [0.29, 0.717) is 0 Å². The van der Waals surface area contributed by atoms with Crippen LogP contribution in [-0.4, -0.2) is 65.8 Å². The van der Waals surface area contributed by atoms with Crippen molar-refractivity contribution < 1.29 is 28.2 Å². The fourth-order valence-electron chi connectivity index (χ4n) is 4.84. The Labute approximate surface area is 203 Å². The number of carbonyl (C=O) groups excluding carboxylic acids is 1. The minimum Gasteiger partial charge on any atom is -0.458 e. The Morgan fingerprint density at radius 2 is 1.50 bits per heavy atom. The smallest absolute Gasteiger partial charge is 0.303 e. The summed E-state index contributed by atoms with van der Waals surface area (Å²) in [5, 5.41) is 2.15. The zero-order chi connectivity index (χ0) is 24.9. The van der Waals surface area contributed by atoms with Gasteiger partial charge < -0.3 is 29.1 Å². The van der Waals surface area contributed by atoms with Gasteiger partial charge in [-0.3, -0.25) is 4.79 Å². The lowest BCUT2D eigenvalue weighted by atomic mass is 10.1. The molecule has 0 aliphatic carbocycles. The molecule has 2 aromatic rings. The van der Waals surface area contributed by atoms with Crippen molar-refractivity contribution in [1.29, 1.82) is 0 Å². The quantitative estimate of drug-likeness (QED) is 0.330. The Bertz CT molecular complexity index is 876. The Hall–Kier alpha value is -2.07. The number of methoxy groups -OCH3 is 2. The molecule has 3 rings (SSSR count). The van der Waals surface area contributed by atoms with E-state index in [0.717, 1.165) is 0 Å². The molecule has 1 aliphatic heterocycles. The SMILES string of the molecule is COC(OC)[C@@H]1O[C@@H](CO[Si](c2ccccc2)(c2ccccc2)C(C)(C)C)[C@H](N)[C@H]1OC(C)=O. The summed E-state index contributed by atoms with van der Waals surface area (Å²) >= 11 is 0. The topological polar surface area (TPSA) is 89.2 Å². The van der Waals surface area contributed by atoms with Crippen LogP contribution in [0.25, 0.3) is 0 Å². The van der Waals surface area contributed by atoms with Crippen LogP contribution in [0.5, 0.6) is 0 Å². The molecule has 4 atom stereocenters. The summed E-state index contributed by atoms with van der Waals surface area (Å²) in [5.41, 5.74) is 6.55. The van der Waals surface area contributed by atoms with Crippen molar-refractivity contribution >= 4 is 24.7 Å². The molecule has 1 aliphatic rings. The van der Waals surface area contributed by atoms with Crippen LogP contribution in [0.4, 0.5) is 0 Å². The maximum absolute atomic E-state index is 11.8. The largest absolute Gasteiger partial charge is 0.458 e. The van der Waals surface area contributed by atoms with Gasteiger partial charge in [0.2, 0.25) is 0 Å². The minimum atomic E-state index is -2.77. The van der Waals surface area contributed by atoms with Crippen molar-refractivity contribution in [2.24, 2.45) is 5.73 Å². The van der Waals surface area contributed by atoms with Gasteiger partial charge in [0.25, 0.3) is 8.32 Å². The number of carbonyl (C=O) groups is 1. The van der Waals surface area contributed by atoms with Crippen LogP contribution < -0.4 is 16.1 Å². The molecule has 0 spiro atoms. The number of esters is 1. The number of nitrogens with two attached hydrogens (primary N) is 1. The number of hydrogen-bond donors (Lipinski definition) is 1. The van der Waals surface area contributed by atoms with Gasteiger partial charge >= 0.3 is 5.97 Å². The lowest BCUT2D eigenvalue weighted by molar-refractivity contribution is -0.200. The third kappa shape index (κ3) is 5.27. The standard InChI is InChI=1S/C26H37NO6Si/c1-18(28)32-23-22(27)21(33-24(23)25(29-5)30-6)17-31-34(26(2,3)4,19-13-9-7-10-14-19)20-15-11-8-12-16-20/h7-16,21-25H,17,27H2,1-6H3/t21-,22-,23+,24+/m0/s1. The van der Waals surface area contributed by atoms with Crippen molar-refractivity contribution in [3.05, 3.63) is 60.7 Å². The molecule has 1 fully saturated rings. The highest BCUT2D eigenvalue weighted by atomic mass is 28.4. The Kier molecular flexibility index (Phi) is 8.67. The Morgan fingerprint density at radius 3 is 1.91 bits per heavy atom. The van der Waals surface area contributed by atoms with E-state index < -0.39 is 44.9 Å². The van der Waals surface area contributed by atoms with E-state index >= 15 is 0 Å². The highest BCUT2D eigenvalue weighted by molar-refractivity contribution is 6.99. The lowest BCUT2D eigenvalue weighted by Gasteiger charge is -2.43. The van der Waals surface area contributed by atoms with Crippen molar-refractivity contribution in [2.75, 3.05) is 20.8 Å². The fourth-order valence-corrected chi connectivity index (χ4v) is 9.41. The van der Waals surface area contributed by atoms with Crippen molar-refractivity contribution in [1.82, 2.24) is 0 Å². The van der Waals surface area contributed by atoms with Crippen molar-refractivity contribution in [3.63, 3.8) is 0 Å². The second-order valence-electron chi connectivity index (χ2n) is 9.60. The summed E-state index contributed by atoms with van der Waals surface area (Å²) in [6.45, 7) is 8.23. The summed E-state index contributed by atoms with van der Waals surface area (Å²) in [6, 6.07) is 20.1. The van der Waals surface area contributed by atoms with Crippen LogP contribution in [0.2, 0.25) is 5.04 Å². The molecule has 186 valence electrons. The van der Waals surface area contributed by atoms with E-state index in [1.165, 1.54) is 31.5 Å². The van der Waals surface area contributed by atoms with Gasteiger partial charge in [-0.05, 0) is 15.4 Å². The molecule has 2 aromatic carbocycles. The molecule has 0 saturated carbocycles. The molecular formula is C26H37NO6Si. The molecule has 0 bridgehead atoms. The van der Waals surface area contributed by atoms with Crippen LogP contribution >= 0.6 is 0 Å². The summed E-state index contributed by atoms with van der Waals surface area (Å²) < 4.78 is 29.6. The average Bonchev–Trinajstić information content (AvgIpc) is 3.10. The van der Waals surface area contributed by atoms with Gasteiger partial charge in [-0.1, -0.05) is 81.4 Å². The lowest BCUT2D eigenvalue weighted by Crippen LogP contribution is -2.67. The van der Waals surface area contributed by atoms with Gasteiger partial charge in [-0.25, -0.2) is 0 Å². The average molecular weight is 488 g/mol. The van der Waals surface area contributed by atoms with Crippen LogP contribution in [0, 0.1) is 0 Å². The molecule has 1 saturated heterocycles. The van der Waals surface area contributed by atoms with Crippen LogP contribution in [0.3, 0.4) is 0 Å². The van der Waals surface area contributed by atoms with E-state index in [9.17, 15) is 4.79 Å². The Balaban J connectivity index is 1.97. The van der Waals surface area contributed by atoms with Crippen molar-refractivity contribution in [3.8, 4) is 0 Å². The molecule has 8 heteroatoms. The van der Waals surface area contributed by atoms with Gasteiger partial charge in [0, 0.05) is 21.1 Å². The monoisotopic (exact) mass is 487 g/mol. The highest BCUT2D eigenvalue weighted by Gasteiger charge is 2.53. The number of benzene rings is 2. The third-order valence-electron chi connectivity index (χ3n) is 6.38. The Morgan fingerprint density at radius 1 is 1.00 bits per heavy atom. The first kappa shape index (κ1) is 26.5. The third-order valence-corrected chi connectivity index (χ3v) is 11.4. The van der Waals surface area contributed by atoms with Crippen LogP contribution in [0.1, 0.15) is 27.7 Å². The molecular weight excluding hydrogens is 450 g/mol. The van der Waals surface area contributed by atoms with E-state index in [1.54, 1.807) is 0 Å². The van der Waals surface area contributed by atoms with Gasteiger partial charge in [0.1, 0.15) is 6.10 Å². The van der Waals surface area contributed by atoms with E-state index in [2.05, 4.69) is 45.0 Å². The number of ether oxygens (including phenoxy) is 4. The summed E-state index contributed by atoms with van der Waals surface area (Å²) in [6.07, 6.45) is -2.62. The van der Waals surface area contributed by atoms with E-state index in [4.69, 9.17) is 29.1 Å². The summed E-state index contributed by atoms with van der Waals surface area (Å²) in [5.74, 6) is -0.437. The normalized spacial score (nSPS) is 23.3. The predicted molar refractivity (Wildman–Crippen MR) is 134 cm³/mol. The second kappa shape index (κ2) is 11.1. The first-order valence-corrected chi connectivity index (χ1v) is 13.5. The van der Waals surface area contributed by atoms with Gasteiger partial charge in [-0.2, -0.15) is 0 Å². The highest BCUT2D eigenvalue weighted by Crippen LogP contribution is 2.37. The maximum atomic E-state index is 11.8. The maximum Gasteiger partial charge on any atom is 0.303 e. The second-order valence-corrected chi connectivity index (χ2v) is 13.9. The fraction of sp³-hybridized carbons (Fsp3) is 0.500. The summed E-state index contributed by atoms with van der Waals surface area (Å²) in [7, 11) is 0.256. The van der Waals surface area contributed by atoms with E-state index in [-0.39, 0.29) is 11.6 Å². The first-order chi connectivity index (χ1) is 16.2. The molecule has 7 nitrogen and oxygen atoms in total. The zero-order valence-corrected chi connectivity index (χ0v) is 21.9. The van der Waals surface area contributed by atoms with Crippen LogP contribution in [-0.2, 0) is 28.2 Å². The van der Waals surface area contributed by atoms with Crippen molar-refractivity contribution in [2.45, 2.75) is 63.4 Å². The molecule has 2 N–H and O–H groups in total. The minimum absolute atomic E-state index is 0.186. The summed E-state index contributed by atoms with van der Waals surface area (Å²) in [4.78, 5) is 11.8. The number of hydrogen-bond acceptors (Lipinski definition) is 7. The van der Waals surface area contributed by atoms with E-state index in [1.807, 2.05) is 36.4 Å². The molecule has 34 heavy (non-hydrogen) atoms. The molecule has 0 unspecified atom stereocenters. The van der Waals surface area contributed by atoms with Gasteiger partial charge in [-0.15, -0.1) is 0 Å². The molecule has 0 amide bonds.